The second-order valence-corrected chi connectivity index (χ2v) is 3.49. The van der Waals surface area contributed by atoms with Crippen LogP contribution in [0.1, 0.15) is 22.8 Å². The van der Waals surface area contributed by atoms with Crippen LogP contribution in [-0.2, 0) is 11.2 Å². The van der Waals surface area contributed by atoms with Gasteiger partial charge in [0.1, 0.15) is 12.7 Å². The summed E-state index contributed by atoms with van der Waals surface area (Å²) in [5.74, 6) is -0.491. The largest absolute Gasteiger partial charge is 0.459 e. The average Bonchev–Trinajstić information content (AvgIpc) is 2.35. The minimum absolute atomic E-state index is 0.190. The molecular formula is C12H16O4. The van der Waals surface area contributed by atoms with Crippen LogP contribution in [0.15, 0.2) is 24.3 Å². The van der Waals surface area contributed by atoms with Crippen molar-refractivity contribution in [2.75, 3.05) is 13.2 Å². The number of ether oxygens (including phenoxy) is 1. The second kappa shape index (κ2) is 6.25. The van der Waals surface area contributed by atoms with Crippen molar-refractivity contribution in [3.63, 3.8) is 0 Å². The van der Waals surface area contributed by atoms with E-state index in [0.29, 0.717) is 5.56 Å². The molecule has 1 aromatic rings. The van der Waals surface area contributed by atoms with Crippen molar-refractivity contribution < 1.29 is 19.7 Å². The molecule has 1 atom stereocenters. The fourth-order valence-electron chi connectivity index (χ4n) is 1.18. The van der Waals surface area contributed by atoms with Gasteiger partial charge in [0.2, 0.25) is 0 Å². The number of esters is 1. The highest BCUT2D eigenvalue weighted by atomic mass is 16.5. The molecule has 1 rings (SSSR count). The van der Waals surface area contributed by atoms with Crippen LogP contribution in [0.3, 0.4) is 0 Å². The number of aliphatic hydroxyl groups is 2. The molecule has 0 aliphatic heterocycles. The molecule has 4 heteroatoms. The highest BCUT2D eigenvalue weighted by Crippen LogP contribution is 2.06. The number of benzene rings is 1. The van der Waals surface area contributed by atoms with Gasteiger partial charge in [0.05, 0.1) is 12.2 Å². The molecular weight excluding hydrogens is 208 g/mol. The summed E-state index contributed by atoms with van der Waals surface area (Å²) in [6, 6.07) is 7.09. The van der Waals surface area contributed by atoms with E-state index in [1.54, 1.807) is 12.1 Å². The molecule has 0 saturated carbocycles. The maximum Gasteiger partial charge on any atom is 0.338 e. The first-order valence-electron chi connectivity index (χ1n) is 5.22. The van der Waals surface area contributed by atoms with Crippen molar-refractivity contribution in [1.29, 1.82) is 0 Å². The van der Waals surface area contributed by atoms with Gasteiger partial charge >= 0.3 is 5.97 Å². The molecule has 4 nitrogen and oxygen atoms in total. The number of aryl methyl sites for hydroxylation is 1. The molecule has 0 fully saturated rings. The van der Waals surface area contributed by atoms with Gasteiger partial charge in [-0.2, -0.15) is 0 Å². The van der Waals surface area contributed by atoms with Gasteiger partial charge in [0.15, 0.2) is 0 Å². The zero-order valence-electron chi connectivity index (χ0n) is 9.22. The van der Waals surface area contributed by atoms with Gasteiger partial charge in [-0.3, -0.25) is 0 Å². The fourth-order valence-corrected chi connectivity index (χ4v) is 1.18. The van der Waals surface area contributed by atoms with Crippen molar-refractivity contribution in [3.05, 3.63) is 35.4 Å². The van der Waals surface area contributed by atoms with E-state index in [4.69, 9.17) is 14.9 Å². The summed E-state index contributed by atoms with van der Waals surface area (Å²) in [6.07, 6.45) is -0.0997. The van der Waals surface area contributed by atoms with Crippen LogP contribution in [0, 0.1) is 0 Å². The Hall–Kier alpha value is -1.39. The summed E-state index contributed by atoms with van der Waals surface area (Å²) in [4.78, 5) is 11.4. The average molecular weight is 224 g/mol. The van der Waals surface area contributed by atoms with Gasteiger partial charge in [0, 0.05) is 0 Å². The van der Waals surface area contributed by atoms with Gasteiger partial charge < -0.3 is 14.9 Å². The zero-order chi connectivity index (χ0) is 12.0. The number of hydrogen-bond donors (Lipinski definition) is 2. The van der Waals surface area contributed by atoms with Crippen molar-refractivity contribution >= 4 is 5.97 Å². The molecule has 1 aromatic carbocycles. The lowest BCUT2D eigenvalue weighted by Gasteiger charge is -2.08. The van der Waals surface area contributed by atoms with Crippen molar-refractivity contribution in [2.45, 2.75) is 19.4 Å². The fraction of sp³-hybridized carbons (Fsp3) is 0.417. The smallest absolute Gasteiger partial charge is 0.338 e. The van der Waals surface area contributed by atoms with E-state index in [0.717, 1.165) is 12.0 Å². The molecule has 0 amide bonds. The summed E-state index contributed by atoms with van der Waals surface area (Å²) in [5, 5.41) is 17.6. The van der Waals surface area contributed by atoms with Gasteiger partial charge in [-0.1, -0.05) is 19.1 Å². The Kier molecular flexibility index (Phi) is 4.95. The molecule has 0 aliphatic carbocycles. The Bertz CT molecular complexity index is 331. The summed E-state index contributed by atoms with van der Waals surface area (Å²) < 4.78 is 4.81. The molecule has 0 aliphatic rings. The normalized spacial score (nSPS) is 12.2. The molecule has 0 radical (unpaired) electrons. The third kappa shape index (κ3) is 3.64. The Labute approximate surface area is 94.5 Å². The molecule has 2 N–H and O–H groups in total. The molecule has 0 saturated heterocycles. The quantitative estimate of drug-likeness (QED) is 0.725. The lowest BCUT2D eigenvalue weighted by Crippen LogP contribution is -2.21. The van der Waals surface area contributed by atoms with E-state index in [-0.39, 0.29) is 6.61 Å². The first-order chi connectivity index (χ1) is 7.67. The van der Waals surface area contributed by atoms with Crippen LogP contribution in [0.5, 0.6) is 0 Å². The standard InChI is InChI=1S/C12H16O4/c1-2-9-3-5-10(6-4-9)12(15)16-8-11(14)7-13/h3-6,11,13-14H,2,7-8H2,1H3. The molecule has 0 aromatic heterocycles. The third-order valence-corrected chi connectivity index (χ3v) is 2.22. The van der Waals surface area contributed by atoms with Crippen molar-refractivity contribution in [2.24, 2.45) is 0 Å². The van der Waals surface area contributed by atoms with Gasteiger partial charge in [0.25, 0.3) is 0 Å². The minimum Gasteiger partial charge on any atom is -0.459 e. The summed E-state index contributed by atoms with van der Waals surface area (Å²) in [7, 11) is 0. The van der Waals surface area contributed by atoms with Gasteiger partial charge in [-0.25, -0.2) is 4.79 Å². The SMILES string of the molecule is CCc1ccc(C(=O)OCC(O)CO)cc1. The highest BCUT2D eigenvalue weighted by molar-refractivity contribution is 5.89. The van der Waals surface area contributed by atoms with Crippen LogP contribution < -0.4 is 0 Å². The van der Waals surface area contributed by atoms with Crippen LogP contribution in [0.2, 0.25) is 0 Å². The zero-order valence-corrected chi connectivity index (χ0v) is 9.22. The highest BCUT2D eigenvalue weighted by Gasteiger charge is 2.09. The van der Waals surface area contributed by atoms with E-state index < -0.39 is 18.7 Å². The first kappa shape index (κ1) is 12.7. The maximum absolute atomic E-state index is 11.4. The lowest BCUT2D eigenvalue weighted by molar-refractivity contribution is 0.00933. The Morgan fingerprint density at radius 2 is 2.00 bits per heavy atom. The topological polar surface area (TPSA) is 66.8 Å². The van der Waals surface area contributed by atoms with Gasteiger partial charge in [-0.15, -0.1) is 0 Å². The Balaban J connectivity index is 2.52. The first-order valence-corrected chi connectivity index (χ1v) is 5.22. The van der Waals surface area contributed by atoms with Crippen molar-refractivity contribution in [1.82, 2.24) is 0 Å². The van der Waals surface area contributed by atoms with Crippen LogP contribution in [-0.4, -0.2) is 35.5 Å². The second-order valence-electron chi connectivity index (χ2n) is 3.49. The molecule has 1 unspecified atom stereocenters. The Morgan fingerprint density at radius 3 is 2.50 bits per heavy atom. The van der Waals surface area contributed by atoms with E-state index >= 15 is 0 Å². The molecule has 16 heavy (non-hydrogen) atoms. The molecule has 0 bridgehead atoms. The number of carbonyl (C=O) groups excluding carboxylic acids is 1. The van der Waals surface area contributed by atoms with Gasteiger partial charge in [-0.05, 0) is 24.1 Å². The maximum atomic E-state index is 11.4. The van der Waals surface area contributed by atoms with E-state index in [2.05, 4.69) is 0 Å². The van der Waals surface area contributed by atoms with Crippen LogP contribution in [0.25, 0.3) is 0 Å². The van der Waals surface area contributed by atoms with E-state index in [1.165, 1.54) is 0 Å². The van der Waals surface area contributed by atoms with Crippen LogP contribution in [0.4, 0.5) is 0 Å². The molecule has 0 spiro atoms. The van der Waals surface area contributed by atoms with Crippen LogP contribution >= 0.6 is 0 Å². The number of carbonyl (C=O) groups is 1. The number of hydrogen-bond acceptors (Lipinski definition) is 4. The van der Waals surface area contributed by atoms with Crippen molar-refractivity contribution in [3.8, 4) is 0 Å². The summed E-state index contributed by atoms with van der Waals surface area (Å²) in [5.41, 5.74) is 1.59. The van der Waals surface area contributed by atoms with E-state index in [1.807, 2.05) is 19.1 Å². The summed E-state index contributed by atoms with van der Waals surface area (Å²) >= 11 is 0. The predicted molar refractivity (Wildman–Crippen MR) is 59.2 cm³/mol. The minimum atomic E-state index is -1.01. The monoisotopic (exact) mass is 224 g/mol. The van der Waals surface area contributed by atoms with E-state index in [9.17, 15) is 4.79 Å². The Morgan fingerprint density at radius 1 is 1.38 bits per heavy atom. The molecule has 0 heterocycles. The molecule has 88 valence electrons. The number of aliphatic hydroxyl groups excluding tert-OH is 2. The predicted octanol–water partition coefficient (Wildman–Crippen LogP) is 0.759. The lowest BCUT2D eigenvalue weighted by atomic mass is 10.1. The number of rotatable bonds is 5. The summed E-state index contributed by atoms with van der Waals surface area (Å²) in [6.45, 7) is 1.43. The third-order valence-electron chi connectivity index (χ3n) is 2.22.